The molecule has 0 saturated carbocycles. The SMILES string of the molecule is CCOC(=O)c1nn(-c2ccccc2Cl)c(=O)cc1OS(=O)(=O)c1cc(C)c(OC)c(C)c1C. The van der Waals surface area contributed by atoms with Gasteiger partial charge in [-0.05, 0) is 62.6 Å². The number of halogens is 1. The average Bonchev–Trinajstić information content (AvgIpc) is 2.77. The lowest BCUT2D eigenvalue weighted by atomic mass is 10.1. The minimum atomic E-state index is -4.46. The summed E-state index contributed by atoms with van der Waals surface area (Å²) in [6, 6.07) is 8.62. The Labute approximate surface area is 202 Å². The van der Waals surface area contributed by atoms with Crippen LogP contribution in [0.2, 0.25) is 5.02 Å². The molecule has 34 heavy (non-hydrogen) atoms. The number of ether oxygens (including phenoxy) is 2. The van der Waals surface area contributed by atoms with E-state index < -0.39 is 33.1 Å². The van der Waals surface area contributed by atoms with Crippen LogP contribution >= 0.6 is 11.6 Å². The maximum Gasteiger partial charge on any atom is 0.362 e. The monoisotopic (exact) mass is 506 g/mol. The number of methoxy groups -OCH3 is 1. The number of nitrogens with zero attached hydrogens (tertiary/aromatic N) is 2. The molecular weight excluding hydrogens is 484 g/mol. The third-order valence-corrected chi connectivity index (χ3v) is 6.78. The van der Waals surface area contributed by atoms with E-state index in [4.69, 9.17) is 25.3 Å². The van der Waals surface area contributed by atoms with Crippen molar-refractivity contribution in [2.24, 2.45) is 0 Å². The number of hydrogen-bond donors (Lipinski definition) is 0. The van der Waals surface area contributed by atoms with Gasteiger partial charge < -0.3 is 13.7 Å². The molecule has 1 heterocycles. The van der Waals surface area contributed by atoms with Crippen LogP contribution < -0.4 is 14.5 Å². The normalized spacial score (nSPS) is 11.2. The predicted molar refractivity (Wildman–Crippen MR) is 126 cm³/mol. The minimum Gasteiger partial charge on any atom is -0.496 e. The van der Waals surface area contributed by atoms with Crippen LogP contribution in [0.25, 0.3) is 5.69 Å². The summed E-state index contributed by atoms with van der Waals surface area (Å²) in [5.41, 5.74) is 0.534. The van der Waals surface area contributed by atoms with E-state index in [9.17, 15) is 18.0 Å². The molecule has 0 unspecified atom stereocenters. The molecule has 0 aliphatic heterocycles. The predicted octanol–water partition coefficient (Wildman–Crippen LogP) is 3.76. The van der Waals surface area contributed by atoms with Crippen molar-refractivity contribution in [3.8, 4) is 17.2 Å². The lowest BCUT2D eigenvalue weighted by Gasteiger charge is -2.17. The van der Waals surface area contributed by atoms with Gasteiger partial charge in [0.05, 0.1) is 30.5 Å². The highest BCUT2D eigenvalue weighted by atomic mass is 35.5. The fourth-order valence-electron chi connectivity index (χ4n) is 3.40. The van der Waals surface area contributed by atoms with Crippen LogP contribution in [-0.2, 0) is 14.9 Å². The van der Waals surface area contributed by atoms with Gasteiger partial charge in [0, 0.05) is 0 Å². The van der Waals surface area contributed by atoms with Crippen LogP contribution in [0.5, 0.6) is 11.5 Å². The summed E-state index contributed by atoms with van der Waals surface area (Å²) in [5, 5.41) is 4.22. The van der Waals surface area contributed by atoms with E-state index in [0.717, 1.165) is 10.7 Å². The summed E-state index contributed by atoms with van der Waals surface area (Å²) >= 11 is 6.17. The third-order valence-electron chi connectivity index (χ3n) is 5.10. The molecule has 11 heteroatoms. The lowest BCUT2D eigenvalue weighted by Crippen LogP contribution is -2.26. The van der Waals surface area contributed by atoms with Crippen molar-refractivity contribution < 1.29 is 26.9 Å². The zero-order valence-electron chi connectivity index (χ0n) is 19.2. The molecule has 0 saturated heterocycles. The molecule has 0 atom stereocenters. The van der Waals surface area contributed by atoms with Crippen LogP contribution in [0.4, 0.5) is 0 Å². The van der Waals surface area contributed by atoms with Crippen LogP contribution in [0.3, 0.4) is 0 Å². The fraction of sp³-hybridized carbons (Fsp3) is 0.261. The first-order valence-electron chi connectivity index (χ1n) is 10.2. The summed E-state index contributed by atoms with van der Waals surface area (Å²) in [7, 11) is -2.97. The Hall–Kier alpha value is -3.37. The van der Waals surface area contributed by atoms with Crippen LogP contribution in [-0.4, -0.2) is 37.9 Å². The Morgan fingerprint density at radius 2 is 1.79 bits per heavy atom. The Morgan fingerprint density at radius 3 is 2.41 bits per heavy atom. The summed E-state index contributed by atoms with van der Waals surface area (Å²) in [4.78, 5) is 25.3. The van der Waals surface area contributed by atoms with Crippen molar-refractivity contribution in [2.75, 3.05) is 13.7 Å². The van der Waals surface area contributed by atoms with Gasteiger partial charge in [-0.25, -0.2) is 4.79 Å². The van der Waals surface area contributed by atoms with Gasteiger partial charge in [-0.15, -0.1) is 0 Å². The van der Waals surface area contributed by atoms with E-state index in [-0.39, 0.29) is 22.2 Å². The number of hydrogen-bond acceptors (Lipinski definition) is 8. The second-order valence-corrected chi connectivity index (χ2v) is 9.21. The topological polar surface area (TPSA) is 114 Å². The molecule has 180 valence electrons. The molecule has 9 nitrogen and oxygen atoms in total. The summed E-state index contributed by atoms with van der Waals surface area (Å²) in [6.07, 6.45) is 0. The summed E-state index contributed by atoms with van der Waals surface area (Å²) < 4.78 is 42.9. The molecule has 0 aliphatic rings. The second-order valence-electron chi connectivity index (χ2n) is 7.29. The van der Waals surface area contributed by atoms with E-state index in [1.54, 1.807) is 45.9 Å². The van der Waals surface area contributed by atoms with Crippen LogP contribution in [0, 0.1) is 20.8 Å². The first-order chi connectivity index (χ1) is 16.0. The van der Waals surface area contributed by atoms with Gasteiger partial charge in [0.25, 0.3) is 5.56 Å². The molecule has 2 aromatic carbocycles. The van der Waals surface area contributed by atoms with Gasteiger partial charge in [0.1, 0.15) is 10.6 Å². The number of carbonyl (C=O) groups excluding carboxylic acids is 1. The second kappa shape index (κ2) is 9.86. The first kappa shape index (κ1) is 25.3. The van der Waals surface area contributed by atoms with E-state index in [1.165, 1.54) is 19.2 Å². The quantitative estimate of drug-likeness (QED) is 0.351. The molecule has 1 aromatic heterocycles. The first-order valence-corrected chi connectivity index (χ1v) is 12.0. The molecule has 0 aliphatic carbocycles. The number of rotatable bonds is 7. The van der Waals surface area contributed by atoms with Gasteiger partial charge in [-0.1, -0.05) is 23.7 Å². The van der Waals surface area contributed by atoms with E-state index >= 15 is 0 Å². The highest BCUT2D eigenvalue weighted by Gasteiger charge is 2.28. The number of carbonyl (C=O) groups is 1. The molecule has 0 spiro atoms. The molecular formula is C23H23ClN2O7S. The standard InChI is InChI=1S/C23H23ClN2O7S/c1-6-32-23(28)21-18(12-20(27)26(25-21)17-10-8-7-9-16(17)24)33-34(29,30)19-11-13(2)22(31-5)15(4)14(19)3/h7-12H,6H2,1-5H3. The number of para-hydroxylation sites is 1. The maximum absolute atomic E-state index is 13.2. The minimum absolute atomic E-state index is 0.00605. The molecule has 0 amide bonds. The van der Waals surface area contributed by atoms with Crippen molar-refractivity contribution in [3.05, 3.63) is 74.2 Å². The third kappa shape index (κ3) is 4.78. The number of benzene rings is 2. The van der Waals surface area contributed by atoms with Crippen molar-refractivity contribution in [2.45, 2.75) is 32.6 Å². The molecule has 0 radical (unpaired) electrons. The largest absolute Gasteiger partial charge is 0.496 e. The highest BCUT2D eigenvalue weighted by molar-refractivity contribution is 7.87. The average molecular weight is 507 g/mol. The fourth-order valence-corrected chi connectivity index (χ4v) is 4.92. The van der Waals surface area contributed by atoms with Crippen LogP contribution in [0.15, 0.2) is 46.1 Å². The molecule has 0 fully saturated rings. The maximum atomic E-state index is 13.2. The Balaban J connectivity index is 2.18. The molecule has 3 rings (SSSR count). The van der Waals surface area contributed by atoms with E-state index in [1.807, 2.05) is 0 Å². The van der Waals surface area contributed by atoms with Crippen molar-refractivity contribution in [3.63, 3.8) is 0 Å². The smallest absolute Gasteiger partial charge is 0.362 e. The van der Waals surface area contributed by atoms with E-state index in [0.29, 0.717) is 22.4 Å². The van der Waals surface area contributed by atoms with Crippen molar-refractivity contribution in [1.29, 1.82) is 0 Å². The Morgan fingerprint density at radius 1 is 1.12 bits per heavy atom. The Bertz CT molecular complexity index is 1430. The number of aromatic nitrogens is 2. The van der Waals surface area contributed by atoms with Gasteiger partial charge in [-0.3, -0.25) is 4.79 Å². The van der Waals surface area contributed by atoms with Gasteiger partial charge in [0.2, 0.25) is 5.69 Å². The zero-order chi connectivity index (χ0) is 25.2. The number of aryl methyl sites for hydroxylation is 1. The highest BCUT2D eigenvalue weighted by Crippen LogP contribution is 2.32. The summed E-state index contributed by atoms with van der Waals surface area (Å²) in [5.74, 6) is -0.975. The summed E-state index contributed by atoms with van der Waals surface area (Å²) in [6.45, 7) is 6.59. The van der Waals surface area contributed by atoms with Gasteiger partial charge in [0.15, 0.2) is 5.75 Å². The van der Waals surface area contributed by atoms with Gasteiger partial charge in [-0.2, -0.15) is 18.2 Å². The Kier molecular flexibility index (Phi) is 7.32. The van der Waals surface area contributed by atoms with Crippen molar-refractivity contribution in [1.82, 2.24) is 9.78 Å². The van der Waals surface area contributed by atoms with Crippen LogP contribution in [0.1, 0.15) is 34.1 Å². The van der Waals surface area contributed by atoms with E-state index in [2.05, 4.69) is 5.10 Å². The molecule has 3 aromatic rings. The molecule has 0 bridgehead atoms. The lowest BCUT2D eigenvalue weighted by molar-refractivity contribution is 0.0515. The van der Waals surface area contributed by atoms with Gasteiger partial charge >= 0.3 is 16.1 Å². The van der Waals surface area contributed by atoms with Crippen molar-refractivity contribution >= 4 is 27.7 Å². The zero-order valence-corrected chi connectivity index (χ0v) is 20.8. The number of esters is 1. The molecule has 0 N–H and O–H groups in total.